The van der Waals surface area contributed by atoms with Gasteiger partial charge in [0.2, 0.25) is 5.82 Å². The Bertz CT molecular complexity index is 1050. The van der Waals surface area contributed by atoms with Crippen LogP contribution in [0.25, 0.3) is 16.9 Å². The first-order chi connectivity index (χ1) is 13.5. The van der Waals surface area contributed by atoms with Crippen molar-refractivity contribution < 1.29 is 35.8 Å². The minimum absolute atomic E-state index is 0.00892. The quantitative estimate of drug-likeness (QED) is 0.586. The molecule has 7 nitrogen and oxygen atoms in total. The van der Waals surface area contributed by atoms with Crippen molar-refractivity contribution in [3.05, 3.63) is 35.8 Å². The van der Waals surface area contributed by atoms with Gasteiger partial charge in [0.1, 0.15) is 0 Å². The third-order valence-electron chi connectivity index (χ3n) is 4.02. The molecule has 0 spiro atoms. The standard InChI is InChI=1S/C16H13F6N5O2/c1-7-12(23-6-11-25-26-14(27(7)11)16(21,22)28-3)9-4-10(17)13(24-5-9)29-8(2)15(18,19)20/h4-6,8H,1-3H3/t8-/m0/s1. The van der Waals surface area contributed by atoms with Gasteiger partial charge in [-0.2, -0.15) is 22.0 Å². The van der Waals surface area contributed by atoms with E-state index in [9.17, 15) is 26.3 Å². The number of nitrogens with zero attached hydrogens (tertiary/aromatic N) is 5. The lowest BCUT2D eigenvalue weighted by atomic mass is 10.1. The highest BCUT2D eigenvalue weighted by atomic mass is 19.4. The number of fused-ring (bicyclic) bond motifs is 1. The average molecular weight is 421 g/mol. The van der Waals surface area contributed by atoms with Crippen molar-refractivity contribution >= 4 is 5.65 Å². The molecule has 0 N–H and O–H groups in total. The molecule has 1 atom stereocenters. The van der Waals surface area contributed by atoms with Crippen LogP contribution in [0.15, 0.2) is 18.5 Å². The number of alkyl halides is 5. The van der Waals surface area contributed by atoms with Gasteiger partial charge in [0.05, 0.1) is 11.9 Å². The molecule has 0 aromatic carbocycles. The highest BCUT2D eigenvalue weighted by Crippen LogP contribution is 2.31. The second kappa shape index (κ2) is 7.13. The fraction of sp³-hybridized carbons (Fsp3) is 0.375. The van der Waals surface area contributed by atoms with Gasteiger partial charge in [0.15, 0.2) is 17.6 Å². The van der Waals surface area contributed by atoms with Crippen molar-refractivity contribution in [1.29, 1.82) is 0 Å². The van der Waals surface area contributed by atoms with Crippen LogP contribution in [-0.4, -0.2) is 44.0 Å². The Labute approximate surface area is 159 Å². The van der Waals surface area contributed by atoms with Gasteiger partial charge in [-0.1, -0.05) is 0 Å². The smallest absolute Gasteiger partial charge is 0.425 e. The Balaban J connectivity index is 2.04. The zero-order chi connectivity index (χ0) is 21.6. The molecule has 0 aliphatic heterocycles. The van der Waals surface area contributed by atoms with Gasteiger partial charge in [0.25, 0.3) is 5.88 Å². The Morgan fingerprint density at radius 3 is 2.34 bits per heavy atom. The van der Waals surface area contributed by atoms with Crippen LogP contribution in [0.5, 0.6) is 5.88 Å². The Hall–Kier alpha value is -2.96. The van der Waals surface area contributed by atoms with Crippen LogP contribution >= 0.6 is 0 Å². The number of rotatable bonds is 5. The van der Waals surface area contributed by atoms with E-state index in [1.807, 2.05) is 0 Å². The number of halogens is 6. The minimum atomic E-state index is -4.70. The third-order valence-corrected chi connectivity index (χ3v) is 4.02. The number of pyridine rings is 1. The van der Waals surface area contributed by atoms with E-state index in [2.05, 4.69) is 29.6 Å². The van der Waals surface area contributed by atoms with Crippen LogP contribution < -0.4 is 4.74 Å². The number of aryl methyl sites for hydroxylation is 1. The molecule has 0 bridgehead atoms. The molecule has 0 fully saturated rings. The molecule has 0 radical (unpaired) electrons. The Morgan fingerprint density at radius 1 is 1.07 bits per heavy atom. The summed E-state index contributed by atoms with van der Waals surface area (Å²) in [4.78, 5) is 7.59. The highest BCUT2D eigenvalue weighted by Gasteiger charge is 2.39. The molecule has 29 heavy (non-hydrogen) atoms. The zero-order valence-corrected chi connectivity index (χ0v) is 15.1. The lowest BCUT2D eigenvalue weighted by Crippen LogP contribution is -2.31. The first-order valence-electron chi connectivity index (χ1n) is 7.99. The van der Waals surface area contributed by atoms with E-state index in [1.165, 1.54) is 6.92 Å². The van der Waals surface area contributed by atoms with Crippen molar-refractivity contribution in [2.75, 3.05) is 7.11 Å². The van der Waals surface area contributed by atoms with Crippen molar-refractivity contribution in [2.24, 2.45) is 0 Å². The minimum Gasteiger partial charge on any atom is -0.463 e. The van der Waals surface area contributed by atoms with E-state index in [0.29, 0.717) is 6.92 Å². The lowest BCUT2D eigenvalue weighted by Gasteiger charge is -2.17. The van der Waals surface area contributed by atoms with Gasteiger partial charge < -0.3 is 9.47 Å². The van der Waals surface area contributed by atoms with E-state index in [0.717, 1.165) is 30.0 Å². The van der Waals surface area contributed by atoms with Crippen LogP contribution in [-0.2, 0) is 10.8 Å². The SMILES string of the molecule is COC(F)(F)c1nnc2cnc(-c3cnc(O[C@@H](C)C(F)(F)F)c(F)c3)c(C)n12. The monoisotopic (exact) mass is 421 g/mol. The van der Waals surface area contributed by atoms with Crippen LogP contribution in [0.3, 0.4) is 0 Å². The summed E-state index contributed by atoms with van der Waals surface area (Å²) in [5, 5.41) is 6.99. The predicted molar refractivity (Wildman–Crippen MR) is 85.8 cm³/mol. The number of aromatic nitrogens is 5. The molecular weight excluding hydrogens is 408 g/mol. The zero-order valence-electron chi connectivity index (χ0n) is 15.1. The fourth-order valence-electron chi connectivity index (χ4n) is 2.47. The molecular formula is C16H13F6N5O2. The van der Waals surface area contributed by atoms with Gasteiger partial charge >= 0.3 is 12.3 Å². The molecule has 0 saturated heterocycles. The van der Waals surface area contributed by atoms with Gasteiger partial charge in [-0.25, -0.2) is 9.37 Å². The van der Waals surface area contributed by atoms with E-state index >= 15 is 0 Å². The molecule has 3 aromatic rings. The maximum Gasteiger partial charge on any atom is 0.425 e. The molecule has 0 saturated carbocycles. The molecule has 3 heterocycles. The normalized spacial score (nSPS) is 13.7. The van der Waals surface area contributed by atoms with Crippen molar-refractivity contribution in [3.8, 4) is 17.1 Å². The Kier molecular flexibility index (Phi) is 5.11. The maximum absolute atomic E-state index is 14.2. The molecule has 3 rings (SSSR count). The molecule has 0 amide bonds. The number of hydrogen-bond donors (Lipinski definition) is 0. The molecule has 0 unspecified atom stereocenters. The van der Waals surface area contributed by atoms with Crippen LogP contribution in [0.1, 0.15) is 18.4 Å². The van der Waals surface area contributed by atoms with Gasteiger partial charge in [-0.05, 0) is 19.9 Å². The average Bonchev–Trinajstić information content (AvgIpc) is 3.09. The Morgan fingerprint density at radius 2 is 1.76 bits per heavy atom. The molecule has 13 heteroatoms. The summed E-state index contributed by atoms with van der Waals surface area (Å²) in [6.45, 7) is 2.11. The van der Waals surface area contributed by atoms with Crippen LogP contribution in [0.2, 0.25) is 0 Å². The van der Waals surface area contributed by atoms with Crippen molar-refractivity contribution in [1.82, 2.24) is 24.6 Å². The van der Waals surface area contributed by atoms with Crippen molar-refractivity contribution in [2.45, 2.75) is 32.2 Å². The van der Waals surface area contributed by atoms with Gasteiger partial charge in [-0.3, -0.25) is 9.38 Å². The van der Waals surface area contributed by atoms with E-state index in [-0.39, 0.29) is 22.6 Å². The summed E-state index contributed by atoms with van der Waals surface area (Å²) in [5.74, 6) is -2.84. The fourth-order valence-corrected chi connectivity index (χ4v) is 2.47. The van der Waals surface area contributed by atoms with Crippen LogP contribution in [0, 0.1) is 12.7 Å². The molecule has 3 aromatic heterocycles. The largest absolute Gasteiger partial charge is 0.463 e. The predicted octanol–water partition coefficient (Wildman–Crippen LogP) is 3.66. The van der Waals surface area contributed by atoms with Gasteiger partial charge in [0, 0.05) is 24.6 Å². The number of hydrogen-bond acceptors (Lipinski definition) is 6. The second-order valence-electron chi connectivity index (χ2n) is 5.94. The lowest BCUT2D eigenvalue weighted by molar-refractivity contribution is -0.237. The molecule has 0 aliphatic carbocycles. The summed E-state index contributed by atoms with van der Waals surface area (Å²) < 4.78 is 89.5. The summed E-state index contributed by atoms with van der Waals surface area (Å²) in [5.41, 5.74) is 0.157. The topological polar surface area (TPSA) is 74.4 Å². The maximum atomic E-state index is 14.2. The summed E-state index contributed by atoms with van der Waals surface area (Å²) >= 11 is 0. The molecule has 0 aliphatic rings. The summed E-state index contributed by atoms with van der Waals surface area (Å²) in [7, 11) is 0.790. The first kappa shape index (κ1) is 20.8. The number of ether oxygens (including phenoxy) is 2. The number of methoxy groups -OCH3 is 1. The summed E-state index contributed by atoms with van der Waals surface area (Å²) in [6, 6.07) is 0.838. The highest BCUT2D eigenvalue weighted by molar-refractivity contribution is 5.63. The van der Waals surface area contributed by atoms with Crippen LogP contribution in [0.4, 0.5) is 26.3 Å². The third kappa shape index (κ3) is 3.81. The second-order valence-corrected chi connectivity index (χ2v) is 5.94. The van der Waals surface area contributed by atoms with E-state index in [1.54, 1.807) is 0 Å². The van der Waals surface area contributed by atoms with Crippen molar-refractivity contribution in [3.63, 3.8) is 0 Å². The van der Waals surface area contributed by atoms with E-state index in [4.69, 9.17) is 0 Å². The van der Waals surface area contributed by atoms with E-state index < -0.39 is 35.9 Å². The van der Waals surface area contributed by atoms with Gasteiger partial charge in [-0.15, -0.1) is 10.2 Å². The summed E-state index contributed by atoms with van der Waals surface area (Å²) in [6.07, 6.45) is -8.59. The molecule has 156 valence electrons. The first-order valence-corrected chi connectivity index (χ1v) is 7.99.